The minimum atomic E-state index is 0.463. The van der Waals surface area contributed by atoms with Crippen LogP contribution in [0.15, 0.2) is 29.3 Å². The molecule has 1 saturated heterocycles. The van der Waals surface area contributed by atoms with Crippen LogP contribution in [0.1, 0.15) is 23.9 Å². The van der Waals surface area contributed by atoms with E-state index in [0.29, 0.717) is 6.04 Å². The van der Waals surface area contributed by atoms with Gasteiger partial charge in [-0.25, -0.2) is 0 Å². The van der Waals surface area contributed by atoms with Crippen LogP contribution in [0.5, 0.6) is 0 Å². The van der Waals surface area contributed by atoms with Gasteiger partial charge in [-0.3, -0.25) is 19.5 Å². The zero-order valence-corrected chi connectivity index (χ0v) is 12.4. The molecule has 3 heterocycles. The summed E-state index contributed by atoms with van der Waals surface area (Å²) >= 11 is 3.44. The van der Waals surface area contributed by atoms with Gasteiger partial charge in [0.15, 0.2) is 0 Å². The van der Waals surface area contributed by atoms with Crippen LogP contribution >= 0.6 is 15.9 Å². The summed E-state index contributed by atoms with van der Waals surface area (Å²) in [6, 6.07) is 0.463. The first-order chi connectivity index (χ1) is 9.20. The van der Waals surface area contributed by atoms with Crippen LogP contribution in [0.4, 0.5) is 0 Å². The number of nitrogens with zero attached hydrogens (tertiary/aromatic N) is 5. The number of aryl methyl sites for hydroxylation is 1. The van der Waals surface area contributed by atoms with Crippen molar-refractivity contribution in [3.63, 3.8) is 0 Å². The van der Waals surface area contributed by atoms with Gasteiger partial charge in [-0.1, -0.05) is 0 Å². The van der Waals surface area contributed by atoms with Crippen LogP contribution in [0.25, 0.3) is 0 Å². The zero-order chi connectivity index (χ0) is 13.2. The average molecular weight is 322 g/mol. The third-order valence-corrected chi connectivity index (χ3v) is 3.82. The molecule has 2 aromatic rings. The number of halogens is 1. The van der Waals surface area contributed by atoms with Crippen molar-refractivity contribution in [3.8, 4) is 0 Å². The first kappa shape index (κ1) is 12.7. The smallest absolute Gasteiger partial charge is 0.0727 e. The van der Waals surface area contributed by atoms with E-state index in [0.717, 1.165) is 41.9 Å². The molecule has 1 aliphatic rings. The molecule has 0 N–H and O–H groups in total. The lowest BCUT2D eigenvalue weighted by molar-refractivity contribution is 0.307. The minimum Gasteiger partial charge on any atom is -0.295 e. The molecule has 0 radical (unpaired) electrons. The van der Waals surface area contributed by atoms with Crippen molar-refractivity contribution in [3.05, 3.63) is 40.6 Å². The molecule has 0 aromatic carbocycles. The fourth-order valence-corrected chi connectivity index (χ4v) is 2.72. The first-order valence-corrected chi connectivity index (χ1v) is 7.19. The van der Waals surface area contributed by atoms with Crippen LogP contribution in [-0.2, 0) is 6.54 Å². The highest BCUT2D eigenvalue weighted by molar-refractivity contribution is 9.10. The van der Waals surface area contributed by atoms with Crippen LogP contribution < -0.4 is 0 Å². The summed E-state index contributed by atoms with van der Waals surface area (Å²) in [7, 11) is 0. The summed E-state index contributed by atoms with van der Waals surface area (Å²) in [6.45, 7) is 4.92. The topological polar surface area (TPSA) is 46.8 Å². The Morgan fingerprint density at radius 1 is 1.32 bits per heavy atom. The molecule has 0 saturated carbocycles. The third kappa shape index (κ3) is 3.01. The zero-order valence-electron chi connectivity index (χ0n) is 10.8. The Morgan fingerprint density at radius 3 is 2.89 bits per heavy atom. The molecular weight excluding hydrogens is 306 g/mol. The molecule has 100 valence electrons. The number of aromatic nitrogens is 4. The summed E-state index contributed by atoms with van der Waals surface area (Å²) in [6.07, 6.45) is 8.71. The predicted molar refractivity (Wildman–Crippen MR) is 75.6 cm³/mol. The molecule has 6 heteroatoms. The van der Waals surface area contributed by atoms with Crippen LogP contribution in [0.2, 0.25) is 0 Å². The van der Waals surface area contributed by atoms with E-state index in [-0.39, 0.29) is 0 Å². The van der Waals surface area contributed by atoms with Crippen molar-refractivity contribution in [1.82, 2.24) is 24.6 Å². The van der Waals surface area contributed by atoms with E-state index in [4.69, 9.17) is 0 Å². The molecule has 5 nitrogen and oxygen atoms in total. The SMILES string of the molecule is Cc1cnc(CN2CCC(n3cc(Br)cn3)C2)cn1. The van der Waals surface area contributed by atoms with E-state index < -0.39 is 0 Å². The predicted octanol–water partition coefficient (Wildman–Crippen LogP) is 2.19. The van der Waals surface area contributed by atoms with Gasteiger partial charge >= 0.3 is 0 Å². The van der Waals surface area contributed by atoms with Crippen molar-refractivity contribution < 1.29 is 0 Å². The molecule has 1 unspecified atom stereocenters. The second-order valence-corrected chi connectivity index (χ2v) is 5.88. The van der Waals surface area contributed by atoms with Gasteiger partial charge in [-0.2, -0.15) is 5.10 Å². The van der Waals surface area contributed by atoms with Crippen molar-refractivity contribution in [2.45, 2.75) is 25.9 Å². The van der Waals surface area contributed by atoms with E-state index in [2.05, 4.69) is 35.9 Å². The third-order valence-electron chi connectivity index (χ3n) is 3.41. The van der Waals surface area contributed by atoms with E-state index in [1.807, 2.05) is 36.4 Å². The summed E-state index contributed by atoms with van der Waals surface area (Å²) in [4.78, 5) is 11.1. The normalized spacial score (nSPS) is 20.0. The lowest BCUT2D eigenvalue weighted by atomic mass is 10.3. The van der Waals surface area contributed by atoms with Gasteiger partial charge in [0.1, 0.15) is 0 Å². The highest BCUT2D eigenvalue weighted by Crippen LogP contribution is 2.23. The summed E-state index contributed by atoms with van der Waals surface area (Å²) in [5.74, 6) is 0. The Balaban J connectivity index is 1.61. The van der Waals surface area contributed by atoms with E-state index in [1.54, 1.807) is 0 Å². The summed E-state index contributed by atoms with van der Waals surface area (Å²) in [5, 5.41) is 4.37. The van der Waals surface area contributed by atoms with Crippen LogP contribution in [-0.4, -0.2) is 37.7 Å². The lowest BCUT2D eigenvalue weighted by Gasteiger charge is -2.15. The second-order valence-electron chi connectivity index (χ2n) is 4.97. The number of hydrogen-bond donors (Lipinski definition) is 0. The maximum absolute atomic E-state index is 4.41. The van der Waals surface area contributed by atoms with Gasteiger partial charge in [0, 0.05) is 38.2 Å². The molecule has 2 aromatic heterocycles. The minimum absolute atomic E-state index is 0.463. The Bertz CT molecular complexity index is 550. The molecular formula is C13H16BrN5. The van der Waals surface area contributed by atoms with Gasteiger partial charge in [0.25, 0.3) is 0 Å². The standard InChI is InChI=1S/C13H16BrN5/c1-10-4-16-12(6-15-10)8-18-3-2-13(9-18)19-7-11(14)5-17-19/h4-7,13H,2-3,8-9H2,1H3. The fraction of sp³-hybridized carbons (Fsp3) is 0.462. The number of rotatable bonds is 3. The van der Waals surface area contributed by atoms with Crippen LogP contribution in [0.3, 0.4) is 0 Å². The molecule has 0 bridgehead atoms. The van der Waals surface area contributed by atoms with Gasteiger partial charge in [0.05, 0.1) is 28.1 Å². The van der Waals surface area contributed by atoms with Crippen LogP contribution in [0, 0.1) is 6.92 Å². The Kier molecular flexibility index (Phi) is 3.61. The van der Waals surface area contributed by atoms with Gasteiger partial charge in [-0.15, -0.1) is 0 Å². The van der Waals surface area contributed by atoms with Crippen molar-refractivity contribution in [2.75, 3.05) is 13.1 Å². The van der Waals surface area contributed by atoms with Gasteiger partial charge < -0.3 is 0 Å². The highest BCUT2D eigenvalue weighted by Gasteiger charge is 2.24. The van der Waals surface area contributed by atoms with Crippen molar-refractivity contribution in [1.29, 1.82) is 0 Å². The molecule has 0 amide bonds. The van der Waals surface area contributed by atoms with E-state index in [1.165, 1.54) is 0 Å². The molecule has 0 spiro atoms. The average Bonchev–Trinajstić information content (AvgIpc) is 3.01. The molecule has 19 heavy (non-hydrogen) atoms. The van der Waals surface area contributed by atoms with Crippen molar-refractivity contribution in [2.24, 2.45) is 0 Å². The Hall–Kier alpha value is -1.27. The first-order valence-electron chi connectivity index (χ1n) is 6.40. The monoisotopic (exact) mass is 321 g/mol. The van der Waals surface area contributed by atoms with E-state index >= 15 is 0 Å². The largest absolute Gasteiger partial charge is 0.295 e. The van der Waals surface area contributed by atoms with Gasteiger partial charge in [0.2, 0.25) is 0 Å². The fourth-order valence-electron chi connectivity index (χ4n) is 2.42. The quantitative estimate of drug-likeness (QED) is 0.869. The summed E-state index contributed by atoms with van der Waals surface area (Å²) < 4.78 is 3.08. The Morgan fingerprint density at radius 2 is 2.21 bits per heavy atom. The van der Waals surface area contributed by atoms with Crippen molar-refractivity contribution >= 4 is 15.9 Å². The lowest BCUT2D eigenvalue weighted by Crippen LogP contribution is -2.22. The number of likely N-dealkylation sites (tertiary alicyclic amines) is 1. The molecule has 1 atom stereocenters. The van der Waals surface area contributed by atoms with Gasteiger partial charge in [-0.05, 0) is 29.3 Å². The maximum Gasteiger partial charge on any atom is 0.0727 e. The molecule has 3 rings (SSSR count). The molecule has 1 fully saturated rings. The second kappa shape index (κ2) is 5.38. The molecule has 1 aliphatic heterocycles. The van der Waals surface area contributed by atoms with E-state index in [9.17, 15) is 0 Å². The highest BCUT2D eigenvalue weighted by atomic mass is 79.9. The Labute approximate surface area is 120 Å². The maximum atomic E-state index is 4.41. The summed E-state index contributed by atoms with van der Waals surface area (Å²) in [5.41, 5.74) is 2.00. The molecule has 0 aliphatic carbocycles. The number of hydrogen-bond acceptors (Lipinski definition) is 4.